The Bertz CT molecular complexity index is 1380. The Morgan fingerprint density at radius 2 is 2.05 bits per heavy atom. The molecule has 3 atom stereocenters. The molecule has 1 aliphatic carbocycles. The van der Waals surface area contributed by atoms with Crippen molar-refractivity contribution in [2.24, 2.45) is 11.1 Å². The van der Waals surface area contributed by atoms with Gasteiger partial charge in [0.25, 0.3) is 0 Å². The Morgan fingerprint density at radius 3 is 2.85 bits per heavy atom. The first-order chi connectivity index (χ1) is 19.1. The normalized spacial score (nSPS) is 24.8. The molecule has 39 heavy (non-hydrogen) atoms. The van der Waals surface area contributed by atoms with E-state index in [1.165, 1.54) is 17.3 Å². The van der Waals surface area contributed by atoms with Gasteiger partial charge in [-0.25, -0.2) is 15.0 Å². The van der Waals surface area contributed by atoms with Crippen molar-refractivity contribution < 1.29 is 14.6 Å². The highest BCUT2D eigenvalue weighted by Gasteiger charge is 2.47. The van der Waals surface area contributed by atoms with E-state index in [1.54, 1.807) is 13.3 Å². The zero-order valence-corrected chi connectivity index (χ0v) is 22.8. The van der Waals surface area contributed by atoms with Gasteiger partial charge in [-0.1, -0.05) is 17.8 Å². The quantitative estimate of drug-likeness (QED) is 0.490. The van der Waals surface area contributed by atoms with Crippen molar-refractivity contribution in [1.82, 2.24) is 19.9 Å². The first-order valence-corrected chi connectivity index (χ1v) is 14.4. The monoisotopic (exact) mass is 547 g/mol. The molecule has 6 heterocycles. The summed E-state index contributed by atoms with van der Waals surface area (Å²) in [5.74, 6) is 2.38. The Kier molecular flexibility index (Phi) is 6.34. The molecule has 0 radical (unpaired) electrons. The number of ether oxygens (including phenoxy) is 2. The van der Waals surface area contributed by atoms with Gasteiger partial charge in [0.2, 0.25) is 0 Å². The largest absolute Gasteiger partial charge is 0.486 e. The number of piperidine rings is 1. The van der Waals surface area contributed by atoms with Gasteiger partial charge in [0.15, 0.2) is 17.4 Å². The maximum absolute atomic E-state index is 10.2. The predicted octanol–water partition coefficient (Wildman–Crippen LogP) is 2.74. The molecule has 0 bridgehead atoms. The van der Waals surface area contributed by atoms with E-state index in [-0.39, 0.29) is 30.2 Å². The molecule has 1 spiro atoms. The van der Waals surface area contributed by atoms with Gasteiger partial charge in [-0.3, -0.25) is 4.98 Å². The lowest BCUT2D eigenvalue weighted by atomic mass is 9.73. The molecule has 3 aromatic heterocycles. The number of fused-ring (bicyclic) bond motifs is 4. The highest BCUT2D eigenvalue weighted by Crippen LogP contribution is 2.50. The number of nitrogens with zero attached hydrogens (tertiary/aromatic N) is 6. The molecule has 2 saturated heterocycles. The van der Waals surface area contributed by atoms with Crippen LogP contribution in [0.5, 0.6) is 5.75 Å². The molecule has 4 aliphatic rings. The van der Waals surface area contributed by atoms with Gasteiger partial charge in [0.1, 0.15) is 17.3 Å². The number of pyridine rings is 2. The van der Waals surface area contributed by atoms with Crippen LogP contribution in [-0.2, 0) is 17.8 Å². The number of anilines is 2. The molecule has 0 amide bonds. The Morgan fingerprint density at radius 1 is 1.18 bits per heavy atom. The highest BCUT2D eigenvalue weighted by molar-refractivity contribution is 7.99. The van der Waals surface area contributed by atoms with Crippen LogP contribution in [0.15, 0.2) is 46.7 Å². The third kappa shape index (κ3) is 4.23. The third-order valence-electron chi connectivity index (χ3n) is 8.91. The maximum atomic E-state index is 10.2. The number of hydrogen-bond donors (Lipinski definition) is 2. The minimum Gasteiger partial charge on any atom is -0.486 e. The van der Waals surface area contributed by atoms with E-state index in [9.17, 15) is 5.11 Å². The summed E-state index contributed by atoms with van der Waals surface area (Å²) in [5, 5.41) is 10.9. The first-order valence-electron chi connectivity index (χ1n) is 13.6. The average molecular weight is 548 g/mol. The molecule has 2 fully saturated rings. The van der Waals surface area contributed by atoms with Crippen LogP contribution in [0.1, 0.15) is 42.3 Å². The van der Waals surface area contributed by atoms with Gasteiger partial charge in [-0.05, 0) is 48.8 Å². The van der Waals surface area contributed by atoms with Crippen molar-refractivity contribution >= 4 is 23.4 Å². The van der Waals surface area contributed by atoms with Crippen LogP contribution >= 0.6 is 11.8 Å². The summed E-state index contributed by atoms with van der Waals surface area (Å²) in [5.41, 5.74) is 9.67. The fourth-order valence-corrected chi connectivity index (χ4v) is 7.58. The Labute approximate surface area is 232 Å². The van der Waals surface area contributed by atoms with E-state index < -0.39 is 0 Å². The molecular formula is C28H33N7O3S. The standard InChI is InChI=1S/C28H33N7O3S/c1-37-18-11-17-16-38-24-22(4-8-31-27(24)35(17)14-18)39-23-13-32-26(21(15-36)33-23)34-9-5-28(6-10-34)12-20-19(25(28)29)3-2-7-30-20/h2-4,7-8,13,17-18,25,36H,5-6,9-12,14-16,29H2,1H3/t17?,18?,25-/m1/s1. The molecule has 10 nitrogen and oxygen atoms in total. The lowest BCUT2D eigenvalue weighted by Crippen LogP contribution is -2.45. The number of methoxy groups -OCH3 is 1. The van der Waals surface area contributed by atoms with Crippen molar-refractivity contribution in [1.29, 1.82) is 0 Å². The average Bonchev–Trinajstić information content (AvgIpc) is 3.53. The van der Waals surface area contributed by atoms with Gasteiger partial charge in [-0.15, -0.1) is 0 Å². The Hall–Kier alpha value is -2.99. The van der Waals surface area contributed by atoms with Crippen LogP contribution in [0.2, 0.25) is 0 Å². The molecule has 0 aromatic carbocycles. The smallest absolute Gasteiger partial charge is 0.175 e. The van der Waals surface area contributed by atoms with Gasteiger partial charge < -0.3 is 30.1 Å². The predicted molar refractivity (Wildman–Crippen MR) is 147 cm³/mol. The van der Waals surface area contributed by atoms with Crippen molar-refractivity contribution in [3.63, 3.8) is 0 Å². The number of aliphatic hydroxyl groups is 1. The molecule has 3 N–H and O–H groups in total. The molecule has 3 aromatic rings. The molecule has 0 saturated carbocycles. The maximum Gasteiger partial charge on any atom is 0.175 e. The summed E-state index contributed by atoms with van der Waals surface area (Å²) < 4.78 is 11.8. The fourth-order valence-electron chi connectivity index (χ4n) is 6.72. The second kappa shape index (κ2) is 9.88. The van der Waals surface area contributed by atoms with Gasteiger partial charge in [0.05, 0.1) is 29.8 Å². The van der Waals surface area contributed by atoms with Crippen LogP contribution in [-0.4, -0.2) is 70.5 Å². The summed E-state index contributed by atoms with van der Waals surface area (Å²) in [6.45, 7) is 2.89. The molecule has 11 heteroatoms. The SMILES string of the molecule is COC1CC2COc3c(Sc4cnc(N5CCC6(CC5)Cc5ncccc5[C@H]6N)c(CO)n4)ccnc3N2C1. The van der Waals surface area contributed by atoms with Gasteiger partial charge >= 0.3 is 0 Å². The van der Waals surface area contributed by atoms with Crippen molar-refractivity contribution in [3.8, 4) is 5.75 Å². The van der Waals surface area contributed by atoms with Crippen LogP contribution in [0.25, 0.3) is 0 Å². The van der Waals surface area contributed by atoms with Crippen molar-refractivity contribution in [2.75, 3.05) is 43.2 Å². The summed E-state index contributed by atoms with van der Waals surface area (Å²) in [7, 11) is 1.76. The second-order valence-corrected chi connectivity index (χ2v) is 12.0. The van der Waals surface area contributed by atoms with Crippen molar-refractivity contribution in [2.45, 2.75) is 60.4 Å². The summed E-state index contributed by atoms with van der Waals surface area (Å²) in [4.78, 5) is 24.3. The molecular weight excluding hydrogens is 514 g/mol. The zero-order chi connectivity index (χ0) is 26.6. The minimum atomic E-state index is -0.175. The molecule has 3 aliphatic heterocycles. The minimum absolute atomic E-state index is 0.00949. The van der Waals surface area contributed by atoms with Crippen LogP contribution < -0.4 is 20.3 Å². The van der Waals surface area contributed by atoms with E-state index in [1.807, 2.05) is 24.5 Å². The zero-order valence-electron chi connectivity index (χ0n) is 22.0. The fraction of sp³-hybridized carbons (Fsp3) is 0.500. The lowest BCUT2D eigenvalue weighted by molar-refractivity contribution is 0.116. The number of aromatic nitrogens is 4. The third-order valence-corrected chi connectivity index (χ3v) is 9.86. The van der Waals surface area contributed by atoms with Crippen LogP contribution in [0.4, 0.5) is 11.6 Å². The highest BCUT2D eigenvalue weighted by atomic mass is 32.2. The second-order valence-electron chi connectivity index (χ2n) is 11.0. The Balaban J connectivity index is 1.08. The first kappa shape index (κ1) is 25.0. The van der Waals surface area contributed by atoms with Gasteiger partial charge in [-0.2, -0.15) is 0 Å². The van der Waals surface area contributed by atoms with E-state index in [2.05, 4.69) is 25.8 Å². The number of aliphatic hydroxyl groups excluding tert-OH is 1. The summed E-state index contributed by atoms with van der Waals surface area (Å²) in [6.07, 6.45) is 9.42. The topological polar surface area (TPSA) is 123 Å². The molecule has 2 unspecified atom stereocenters. The number of nitrogens with two attached hydrogens (primary N) is 1. The van der Waals surface area contributed by atoms with Crippen molar-refractivity contribution in [3.05, 3.63) is 53.7 Å². The van der Waals surface area contributed by atoms with Crippen LogP contribution in [0.3, 0.4) is 0 Å². The van der Waals surface area contributed by atoms with E-state index in [0.717, 1.165) is 73.3 Å². The number of rotatable bonds is 5. The summed E-state index contributed by atoms with van der Waals surface area (Å²) >= 11 is 1.49. The van der Waals surface area contributed by atoms with Gasteiger partial charge in [0, 0.05) is 50.9 Å². The van der Waals surface area contributed by atoms with Crippen LogP contribution in [0, 0.1) is 5.41 Å². The van der Waals surface area contributed by atoms with E-state index in [0.29, 0.717) is 17.3 Å². The lowest BCUT2D eigenvalue weighted by Gasteiger charge is -2.42. The number of hydrogen-bond acceptors (Lipinski definition) is 11. The molecule has 204 valence electrons. The molecule has 7 rings (SSSR count). The van der Waals surface area contributed by atoms with E-state index in [4.69, 9.17) is 25.2 Å². The summed E-state index contributed by atoms with van der Waals surface area (Å²) in [6, 6.07) is 6.33. The van der Waals surface area contributed by atoms with E-state index >= 15 is 0 Å².